The molecule has 0 N–H and O–H groups in total. The molecule has 0 unspecified atom stereocenters. The Morgan fingerprint density at radius 3 is 2.05 bits per heavy atom. The van der Waals surface area contributed by atoms with Gasteiger partial charge in [-0.25, -0.2) is 4.98 Å². The maximum atomic E-state index is 9.14. The molecule has 0 aliphatic carbocycles. The Labute approximate surface area is 122 Å². The lowest BCUT2D eigenvalue weighted by molar-refractivity contribution is 0.00578. The van der Waals surface area contributed by atoms with Gasteiger partial charge in [0.2, 0.25) is 0 Å². The van der Waals surface area contributed by atoms with Crippen LogP contribution in [0.4, 0.5) is 0 Å². The number of aryl methyl sites for hydroxylation is 1. The van der Waals surface area contributed by atoms with E-state index in [1.54, 1.807) is 0 Å². The normalized spacial score (nSPS) is 19.0. The van der Waals surface area contributed by atoms with Gasteiger partial charge in [0, 0.05) is 11.2 Å². The second kappa shape index (κ2) is 5.95. The highest BCUT2D eigenvalue weighted by Gasteiger charge is 2.52. The van der Waals surface area contributed by atoms with E-state index in [-0.39, 0.29) is 0 Å². The topological polar surface area (TPSA) is 55.1 Å². The van der Waals surface area contributed by atoms with Crippen LogP contribution in [0.1, 0.15) is 52.9 Å². The largest absolute Gasteiger partial charge is 0.497 e. The van der Waals surface area contributed by atoms with Crippen LogP contribution in [0.2, 0.25) is 0 Å². The van der Waals surface area contributed by atoms with Gasteiger partial charge < -0.3 is 9.31 Å². The van der Waals surface area contributed by atoms with Gasteiger partial charge in [-0.05, 0) is 40.7 Å². The molecule has 0 aromatic carbocycles. The van der Waals surface area contributed by atoms with Crippen molar-refractivity contribution in [3.05, 3.63) is 23.5 Å². The lowest BCUT2D eigenvalue weighted by atomic mass is 9.78. The second-order valence-electron chi connectivity index (χ2n) is 5.59. The van der Waals surface area contributed by atoms with Crippen LogP contribution in [0.15, 0.2) is 12.1 Å². The third-order valence-electron chi connectivity index (χ3n) is 3.68. The molecular weight excluding hydrogens is 251 g/mol. The Bertz CT molecular complexity index is 505. The van der Waals surface area contributed by atoms with Gasteiger partial charge in [0.05, 0.1) is 11.2 Å². The van der Waals surface area contributed by atoms with E-state index in [0.717, 1.165) is 5.69 Å². The number of rotatable bonds is 1. The number of nitriles is 1. The van der Waals surface area contributed by atoms with Crippen LogP contribution < -0.4 is 5.46 Å². The standard InChI is InChI=1S/C13H17BN2O2.C2H6/c1-9-6-7-10(11(8-15)16-9)14-17-12(2,3)13(4,5)18-14;1-2/h6-7H,1-5H3;1-2H3. The summed E-state index contributed by atoms with van der Waals surface area (Å²) in [7, 11) is -0.530. The molecule has 2 rings (SSSR count). The highest BCUT2D eigenvalue weighted by Crippen LogP contribution is 2.36. The van der Waals surface area contributed by atoms with E-state index in [1.165, 1.54) is 0 Å². The summed E-state index contributed by atoms with van der Waals surface area (Å²) < 4.78 is 11.8. The molecule has 108 valence electrons. The third kappa shape index (κ3) is 3.03. The summed E-state index contributed by atoms with van der Waals surface area (Å²) in [4.78, 5) is 4.21. The Morgan fingerprint density at radius 1 is 1.10 bits per heavy atom. The van der Waals surface area contributed by atoms with Crippen LogP contribution in [0.5, 0.6) is 0 Å². The van der Waals surface area contributed by atoms with Gasteiger partial charge >= 0.3 is 7.12 Å². The molecule has 1 aliphatic heterocycles. The molecule has 0 atom stereocenters. The van der Waals surface area contributed by atoms with Crippen molar-refractivity contribution >= 4 is 12.6 Å². The van der Waals surface area contributed by atoms with Gasteiger partial charge in [-0.2, -0.15) is 5.26 Å². The van der Waals surface area contributed by atoms with Crippen molar-refractivity contribution in [3.8, 4) is 6.07 Å². The zero-order chi connectivity index (χ0) is 15.6. The average molecular weight is 274 g/mol. The molecule has 1 aromatic heterocycles. The molecule has 0 saturated carbocycles. The van der Waals surface area contributed by atoms with Crippen molar-refractivity contribution in [1.29, 1.82) is 5.26 Å². The summed E-state index contributed by atoms with van der Waals surface area (Å²) in [5, 5.41) is 9.14. The molecule has 0 spiro atoms. The quantitative estimate of drug-likeness (QED) is 0.738. The fourth-order valence-corrected chi connectivity index (χ4v) is 1.82. The zero-order valence-corrected chi connectivity index (χ0v) is 13.4. The van der Waals surface area contributed by atoms with Crippen LogP contribution in [0, 0.1) is 18.3 Å². The van der Waals surface area contributed by atoms with Crippen molar-refractivity contribution in [2.75, 3.05) is 0 Å². The molecule has 1 aliphatic rings. The van der Waals surface area contributed by atoms with Crippen LogP contribution in [0.25, 0.3) is 0 Å². The first kappa shape index (κ1) is 16.7. The summed E-state index contributed by atoms with van der Waals surface area (Å²) in [6.07, 6.45) is 0. The lowest BCUT2D eigenvalue weighted by Crippen LogP contribution is -2.41. The monoisotopic (exact) mass is 274 g/mol. The van der Waals surface area contributed by atoms with E-state index in [4.69, 9.17) is 14.6 Å². The predicted octanol–water partition coefficient (Wildman–Crippen LogP) is 2.59. The third-order valence-corrected chi connectivity index (χ3v) is 3.68. The Hall–Kier alpha value is -1.38. The van der Waals surface area contributed by atoms with Crippen molar-refractivity contribution in [3.63, 3.8) is 0 Å². The molecule has 0 amide bonds. The minimum Gasteiger partial charge on any atom is -0.399 e. The van der Waals surface area contributed by atoms with E-state index in [0.29, 0.717) is 11.2 Å². The van der Waals surface area contributed by atoms with Gasteiger partial charge in [0.25, 0.3) is 0 Å². The van der Waals surface area contributed by atoms with E-state index in [1.807, 2.05) is 60.6 Å². The van der Waals surface area contributed by atoms with Crippen LogP contribution in [0.3, 0.4) is 0 Å². The summed E-state index contributed by atoms with van der Waals surface area (Å²) in [5.74, 6) is 0. The first-order valence-electron chi connectivity index (χ1n) is 7.00. The number of hydrogen-bond donors (Lipinski definition) is 0. The average Bonchev–Trinajstić information content (AvgIpc) is 2.60. The first-order chi connectivity index (χ1) is 9.27. The molecule has 1 aromatic rings. The molecule has 5 heteroatoms. The van der Waals surface area contributed by atoms with Gasteiger partial charge in [-0.3, -0.25) is 0 Å². The lowest BCUT2D eigenvalue weighted by Gasteiger charge is -2.32. The molecule has 0 radical (unpaired) electrons. The summed E-state index contributed by atoms with van der Waals surface area (Å²) >= 11 is 0. The Balaban J connectivity index is 0.000000956. The van der Waals surface area contributed by atoms with E-state index in [2.05, 4.69) is 11.1 Å². The molecule has 0 bridgehead atoms. The highest BCUT2D eigenvalue weighted by molar-refractivity contribution is 6.62. The van der Waals surface area contributed by atoms with E-state index >= 15 is 0 Å². The molecule has 4 nitrogen and oxygen atoms in total. The minimum atomic E-state index is -0.530. The second-order valence-corrected chi connectivity index (χ2v) is 5.59. The number of aromatic nitrogens is 1. The van der Waals surface area contributed by atoms with Gasteiger partial charge in [-0.15, -0.1) is 0 Å². The summed E-state index contributed by atoms with van der Waals surface area (Å²) in [5.41, 5.74) is 1.06. The van der Waals surface area contributed by atoms with Crippen LogP contribution in [-0.2, 0) is 9.31 Å². The number of hydrogen-bond acceptors (Lipinski definition) is 4. The van der Waals surface area contributed by atoms with Gasteiger partial charge in [0.15, 0.2) is 0 Å². The highest BCUT2D eigenvalue weighted by atomic mass is 16.7. The Morgan fingerprint density at radius 2 is 1.60 bits per heavy atom. The van der Waals surface area contributed by atoms with Gasteiger partial charge in [-0.1, -0.05) is 19.9 Å². The molecule has 20 heavy (non-hydrogen) atoms. The summed E-state index contributed by atoms with van der Waals surface area (Å²) in [6.45, 7) is 13.8. The maximum absolute atomic E-state index is 9.14. The van der Waals surface area contributed by atoms with Crippen molar-refractivity contribution in [1.82, 2.24) is 4.98 Å². The molecule has 2 heterocycles. The Kier molecular flexibility index (Phi) is 4.96. The first-order valence-corrected chi connectivity index (χ1v) is 7.00. The van der Waals surface area contributed by atoms with Crippen molar-refractivity contribution < 1.29 is 9.31 Å². The zero-order valence-electron chi connectivity index (χ0n) is 13.4. The van der Waals surface area contributed by atoms with Crippen LogP contribution >= 0.6 is 0 Å². The predicted molar refractivity (Wildman–Crippen MR) is 80.8 cm³/mol. The van der Waals surface area contributed by atoms with E-state index < -0.39 is 18.3 Å². The van der Waals surface area contributed by atoms with Gasteiger partial charge in [0.1, 0.15) is 11.8 Å². The smallest absolute Gasteiger partial charge is 0.399 e. The molecule has 1 saturated heterocycles. The maximum Gasteiger partial charge on any atom is 0.497 e. The minimum absolute atomic E-state index is 0.369. The molecule has 1 fully saturated rings. The SMILES string of the molecule is CC.Cc1ccc(B2OC(C)(C)C(C)(C)O2)c(C#N)n1. The van der Waals surface area contributed by atoms with E-state index in [9.17, 15) is 0 Å². The van der Waals surface area contributed by atoms with Crippen molar-refractivity contribution in [2.24, 2.45) is 0 Å². The van der Waals surface area contributed by atoms with Crippen LogP contribution in [-0.4, -0.2) is 23.3 Å². The number of pyridine rings is 1. The fourth-order valence-electron chi connectivity index (χ4n) is 1.82. The molecular formula is C15H23BN2O2. The number of nitrogens with zero attached hydrogens (tertiary/aromatic N) is 2. The summed E-state index contributed by atoms with van der Waals surface area (Å²) in [6, 6.07) is 5.81. The fraction of sp³-hybridized carbons (Fsp3) is 0.600. The van der Waals surface area contributed by atoms with Crippen molar-refractivity contribution in [2.45, 2.75) is 59.7 Å².